The molecule has 0 aliphatic rings. The second-order valence-corrected chi connectivity index (χ2v) is 6.67. The molecule has 0 radical (unpaired) electrons. The predicted molar refractivity (Wildman–Crippen MR) is 103 cm³/mol. The van der Waals surface area contributed by atoms with Gasteiger partial charge >= 0.3 is 0 Å². The SMILES string of the molecule is Cc1cc(-c2cc(C(=O)Nc3ccccc3Cl)c3c(C)noc3n2)c(C)o1. The molecule has 4 aromatic rings. The van der Waals surface area contributed by atoms with Crippen LogP contribution in [0.4, 0.5) is 5.69 Å². The van der Waals surface area contributed by atoms with Gasteiger partial charge in [-0.25, -0.2) is 4.98 Å². The molecule has 0 bridgehead atoms. The lowest BCUT2D eigenvalue weighted by atomic mass is 10.1. The van der Waals surface area contributed by atoms with E-state index in [1.54, 1.807) is 37.3 Å². The Morgan fingerprint density at radius 1 is 1.15 bits per heavy atom. The third kappa shape index (κ3) is 3.08. The maximum atomic E-state index is 13.0. The van der Waals surface area contributed by atoms with Crippen molar-refractivity contribution >= 4 is 34.3 Å². The normalized spacial score (nSPS) is 11.1. The van der Waals surface area contributed by atoms with E-state index in [0.29, 0.717) is 44.5 Å². The number of fused-ring (bicyclic) bond motifs is 1. The lowest BCUT2D eigenvalue weighted by Crippen LogP contribution is -2.13. The Kier molecular flexibility index (Phi) is 4.20. The summed E-state index contributed by atoms with van der Waals surface area (Å²) in [4.78, 5) is 17.5. The average molecular weight is 382 g/mol. The van der Waals surface area contributed by atoms with Gasteiger partial charge in [0.25, 0.3) is 11.6 Å². The number of amides is 1. The molecule has 0 saturated heterocycles. The first-order chi connectivity index (χ1) is 12.9. The molecule has 6 nitrogen and oxygen atoms in total. The van der Waals surface area contributed by atoms with Gasteiger partial charge in [-0.3, -0.25) is 4.79 Å². The molecular weight excluding hydrogens is 366 g/mol. The highest BCUT2D eigenvalue weighted by atomic mass is 35.5. The van der Waals surface area contributed by atoms with Crippen LogP contribution in [0.3, 0.4) is 0 Å². The van der Waals surface area contributed by atoms with Crippen molar-refractivity contribution in [1.82, 2.24) is 10.1 Å². The van der Waals surface area contributed by atoms with Gasteiger partial charge in [0.1, 0.15) is 11.5 Å². The van der Waals surface area contributed by atoms with Gasteiger partial charge in [0, 0.05) is 5.56 Å². The number of furan rings is 1. The molecule has 7 heteroatoms. The quantitative estimate of drug-likeness (QED) is 0.519. The van der Waals surface area contributed by atoms with E-state index < -0.39 is 0 Å². The van der Waals surface area contributed by atoms with Crippen molar-refractivity contribution in [3.8, 4) is 11.3 Å². The Morgan fingerprint density at radius 3 is 2.63 bits per heavy atom. The van der Waals surface area contributed by atoms with Crippen LogP contribution in [0.1, 0.15) is 27.6 Å². The van der Waals surface area contributed by atoms with E-state index in [2.05, 4.69) is 15.5 Å². The van der Waals surface area contributed by atoms with Gasteiger partial charge in [0.05, 0.1) is 33.0 Å². The number of carbonyl (C=O) groups is 1. The summed E-state index contributed by atoms with van der Waals surface area (Å²) in [6.45, 7) is 5.48. The van der Waals surface area contributed by atoms with Crippen LogP contribution in [-0.4, -0.2) is 16.0 Å². The van der Waals surface area contributed by atoms with Gasteiger partial charge in [0.15, 0.2) is 0 Å². The number of pyridine rings is 1. The molecule has 3 heterocycles. The van der Waals surface area contributed by atoms with Crippen molar-refractivity contribution in [2.45, 2.75) is 20.8 Å². The number of hydrogen-bond acceptors (Lipinski definition) is 5. The van der Waals surface area contributed by atoms with Crippen LogP contribution < -0.4 is 5.32 Å². The van der Waals surface area contributed by atoms with Gasteiger partial charge in [-0.15, -0.1) is 0 Å². The molecule has 0 aliphatic heterocycles. The summed E-state index contributed by atoms with van der Waals surface area (Å²) >= 11 is 6.16. The summed E-state index contributed by atoms with van der Waals surface area (Å²) < 4.78 is 10.9. The topological polar surface area (TPSA) is 81.2 Å². The third-order valence-corrected chi connectivity index (χ3v) is 4.63. The van der Waals surface area contributed by atoms with Crippen molar-refractivity contribution in [2.24, 2.45) is 0 Å². The van der Waals surface area contributed by atoms with E-state index >= 15 is 0 Å². The molecule has 1 amide bonds. The van der Waals surface area contributed by atoms with Crippen LogP contribution in [0.15, 0.2) is 45.3 Å². The zero-order chi connectivity index (χ0) is 19.1. The second kappa shape index (κ2) is 6.55. The van der Waals surface area contributed by atoms with Gasteiger partial charge in [-0.05, 0) is 45.0 Å². The van der Waals surface area contributed by atoms with Crippen LogP contribution in [0.25, 0.3) is 22.4 Å². The Balaban J connectivity index is 1.85. The molecule has 27 heavy (non-hydrogen) atoms. The van der Waals surface area contributed by atoms with Crippen LogP contribution in [0, 0.1) is 20.8 Å². The van der Waals surface area contributed by atoms with E-state index in [9.17, 15) is 4.79 Å². The number of anilines is 1. The zero-order valence-corrected chi connectivity index (χ0v) is 15.7. The highest BCUT2D eigenvalue weighted by Gasteiger charge is 2.21. The molecule has 0 atom stereocenters. The summed E-state index contributed by atoms with van der Waals surface area (Å²) in [5.74, 6) is 1.16. The number of rotatable bonds is 3. The lowest BCUT2D eigenvalue weighted by molar-refractivity contribution is 0.102. The molecule has 136 valence electrons. The minimum atomic E-state index is -0.319. The maximum absolute atomic E-state index is 13.0. The molecule has 0 unspecified atom stereocenters. The third-order valence-electron chi connectivity index (χ3n) is 4.30. The van der Waals surface area contributed by atoms with Crippen LogP contribution in [-0.2, 0) is 0 Å². The summed E-state index contributed by atoms with van der Waals surface area (Å²) in [5, 5.41) is 7.83. The number of aryl methyl sites for hydroxylation is 3. The van der Waals surface area contributed by atoms with Gasteiger partial charge in [-0.2, -0.15) is 0 Å². The van der Waals surface area contributed by atoms with Crippen molar-refractivity contribution in [1.29, 1.82) is 0 Å². The molecule has 0 aliphatic carbocycles. The van der Waals surface area contributed by atoms with E-state index in [0.717, 1.165) is 11.3 Å². The second-order valence-electron chi connectivity index (χ2n) is 6.26. The molecule has 1 N–H and O–H groups in total. The Labute approximate surface area is 160 Å². The molecule has 1 aromatic carbocycles. The van der Waals surface area contributed by atoms with Crippen LogP contribution in [0.5, 0.6) is 0 Å². The Morgan fingerprint density at radius 2 is 1.93 bits per heavy atom. The molecule has 0 spiro atoms. The summed E-state index contributed by atoms with van der Waals surface area (Å²) in [5.41, 5.74) is 3.21. The van der Waals surface area contributed by atoms with Gasteiger partial charge in [-0.1, -0.05) is 28.9 Å². The molecule has 3 aromatic heterocycles. The summed E-state index contributed by atoms with van der Waals surface area (Å²) in [7, 11) is 0. The summed E-state index contributed by atoms with van der Waals surface area (Å²) in [6, 6.07) is 10.7. The highest BCUT2D eigenvalue weighted by molar-refractivity contribution is 6.34. The number of nitrogens with one attached hydrogen (secondary N) is 1. The standard InChI is InChI=1S/C20H16ClN3O3/c1-10-8-13(12(3)26-10)17-9-14(18-11(2)24-27-20(18)23-17)19(25)22-16-7-5-4-6-15(16)21/h4-9H,1-3H3,(H,22,25). The number of benzene rings is 1. The number of para-hydroxylation sites is 1. The first-order valence-corrected chi connectivity index (χ1v) is 8.72. The van der Waals surface area contributed by atoms with Crippen molar-refractivity contribution in [2.75, 3.05) is 5.32 Å². The van der Waals surface area contributed by atoms with E-state index in [4.69, 9.17) is 20.5 Å². The number of halogens is 1. The van der Waals surface area contributed by atoms with Crippen LogP contribution >= 0.6 is 11.6 Å². The molecular formula is C20H16ClN3O3. The van der Waals surface area contributed by atoms with Crippen LogP contribution in [0.2, 0.25) is 5.02 Å². The smallest absolute Gasteiger partial charge is 0.259 e. The molecule has 0 saturated carbocycles. The highest BCUT2D eigenvalue weighted by Crippen LogP contribution is 2.31. The largest absolute Gasteiger partial charge is 0.466 e. The minimum Gasteiger partial charge on any atom is -0.466 e. The van der Waals surface area contributed by atoms with Crippen molar-refractivity contribution in [3.05, 3.63) is 64.2 Å². The summed E-state index contributed by atoms with van der Waals surface area (Å²) in [6.07, 6.45) is 0. The Bertz CT molecular complexity index is 1180. The number of nitrogens with zero attached hydrogens (tertiary/aromatic N) is 2. The van der Waals surface area contributed by atoms with Crippen molar-refractivity contribution < 1.29 is 13.7 Å². The monoisotopic (exact) mass is 381 g/mol. The number of aromatic nitrogens is 2. The fraction of sp³-hybridized carbons (Fsp3) is 0.150. The minimum absolute atomic E-state index is 0.299. The maximum Gasteiger partial charge on any atom is 0.259 e. The van der Waals surface area contributed by atoms with E-state index in [1.165, 1.54) is 0 Å². The zero-order valence-electron chi connectivity index (χ0n) is 15.0. The molecule has 4 rings (SSSR count). The molecule has 0 fully saturated rings. The van der Waals surface area contributed by atoms with Gasteiger partial charge in [0.2, 0.25) is 0 Å². The first kappa shape index (κ1) is 17.3. The fourth-order valence-corrected chi connectivity index (χ4v) is 3.23. The average Bonchev–Trinajstić information content (AvgIpc) is 3.18. The van der Waals surface area contributed by atoms with Gasteiger partial charge < -0.3 is 14.3 Å². The number of carbonyl (C=O) groups excluding carboxylic acids is 1. The first-order valence-electron chi connectivity index (χ1n) is 8.34. The van der Waals surface area contributed by atoms with E-state index in [1.807, 2.05) is 19.9 Å². The fourth-order valence-electron chi connectivity index (χ4n) is 3.05. The van der Waals surface area contributed by atoms with Crippen molar-refractivity contribution in [3.63, 3.8) is 0 Å². The lowest BCUT2D eigenvalue weighted by Gasteiger charge is -2.09. The predicted octanol–water partition coefficient (Wildman–Crippen LogP) is 5.31. The van der Waals surface area contributed by atoms with E-state index in [-0.39, 0.29) is 5.91 Å². The number of hydrogen-bond donors (Lipinski definition) is 1. The Hall–Kier alpha value is -3.12.